The van der Waals surface area contributed by atoms with Gasteiger partial charge in [-0.3, -0.25) is 0 Å². The van der Waals surface area contributed by atoms with Gasteiger partial charge in [0.25, 0.3) is 0 Å². The minimum Gasteiger partial charge on any atom is -0.324 e. The standard InChI is InChI=1S/C16H22N4O3S2/c1-11-18-14-8-13(5-6-15(14)24-11)19-16(21)20-7-3-4-12(9-20)10-25(22,23)17-2/h5-6,8,12,17H,3-4,7,9-10H2,1-2H3,(H,19,21). The van der Waals surface area contributed by atoms with Gasteiger partial charge in [-0.1, -0.05) is 0 Å². The number of urea groups is 1. The molecule has 2 N–H and O–H groups in total. The first-order valence-electron chi connectivity index (χ1n) is 8.20. The highest BCUT2D eigenvalue weighted by Gasteiger charge is 2.27. The molecule has 1 aromatic carbocycles. The van der Waals surface area contributed by atoms with Gasteiger partial charge >= 0.3 is 6.03 Å². The number of carbonyl (C=O) groups is 1. The molecule has 1 unspecified atom stereocenters. The van der Waals surface area contributed by atoms with Crippen LogP contribution in [-0.4, -0.2) is 50.2 Å². The molecule has 2 aromatic rings. The molecule has 136 valence electrons. The van der Waals surface area contributed by atoms with E-state index in [1.807, 2.05) is 25.1 Å². The monoisotopic (exact) mass is 382 g/mol. The molecule has 1 aliphatic heterocycles. The van der Waals surface area contributed by atoms with Crippen molar-refractivity contribution < 1.29 is 13.2 Å². The molecule has 1 aromatic heterocycles. The summed E-state index contributed by atoms with van der Waals surface area (Å²) >= 11 is 1.62. The van der Waals surface area contributed by atoms with Crippen LogP contribution in [0.5, 0.6) is 0 Å². The second kappa shape index (κ2) is 7.27. The Morgan fingerprint density at radius 1 is 1.44 bits per heavy atom. The van der Waals surface area contributed by atoms with Crippen LogP contribution in [0.1, 0.15) is 17.8 Å². The number of fused-ring (bicyclic) bond motifs is 1. The second-order valence-electron chi connectivity index (χ2n) is 6.29. The molecule has 9 heteroatoms. The summed E-state index contributed by atoms with van der Waals surface area (Å²) in [6.07, 6.45) is 1.62. The molecule has 3 rings (SSSR count). The van der Waals surface area contributed by atoms with Crippen LogP contribution in [0.25, 0.3) is 10.2 Å². The van der Waals surface area contributed by atoms with Crippen molar-refractivity contribution in [1.29, 1.82) is 0 Å². The van der Waals surface area contributed by atoms with E-state index in [-0.39, 0.29) is 17.7 Å². The van der Waals surface area contributed by atoms with Crippen molar-refractivity contribution in [3.05, 3.63) is 23.2 Å². The Bertz CT molecular complexity index is 879. The van der Waals surface area contributed by atoms with Crippen molar-refractivity contribution in [2.24, 2.45) is 5.92 Å². The number of anilines is 1. The Labute approximate surface area is 151 Å². The number of amides is 2. The van der Waals surface area contributed by atoms with Crippen LogP contribution in [0.4, 0.5) is 10.5 Å². The van der Waals surface area contributed by atoms with Gasteiger partial charge in [0.15, 0.2) is 0 Å². The maximum absolute atomic E-state index is 12.5. The molecule has 1 fully saturated rings. The van der Waals surface area contributed by atoms with Gasteiger partial charge in [0, 0.05) is 18.8 Å². The van der Waals surface area contributed by atoms with Gasteiger partial charge in [-0.05, 0) is 50.9 Å². The summed E-state index contributed by atoms with van der Waals surface area (Å²) in [5.41, 5.74) is 1.57. The largest absolute Gasteiger partial charge is 0.324 e. The smallest absolute Gasteiger partial charge is 0.321 e. The number of likely N-dealkylation sites (tertiary alicyclic amines) is 1. The average molecular weight is 383 g/mol. The van der Waals surface area contributed by atoms with Gasteiger partial charge < -0.3 is 10.2 Å². The van der Waals surface area contributed by atoms with E-state index in [4.69, 9.17) is 0 Å². The Kier molecular flexibility index (Phi) is 5.26. The van der Waals surface area contributed by atoms with Crippen LogP contribution in [0.3, 0.4) is 0 Å². The van der Waals surface area contributed by atoms with E-state index >= 15 is 0 Å². The zero-order chi connectivity index (χ0) is 18.0. The Hall–Kier alpha value is -1.71. The predicted molar refractivity (Wildman–Crippen MR) is 101 cm³/mol. The Morgan fingerprint density at radius 3 is 3.00 bits per heavy atom. The first kappa shape index (κ1) is 18.1. The normalized spacial score (nSPS) is 18.5. The van der Waals surface area contributed by atoms with Gasteiger partial charge in [-0.15, -0.1) is 11.3 Å². The zero-order valence-electron chi connectivity index (χ0n) is 14.3. The van der Waals surface area contributed by atoms with Gasteiger partial charge in [0.2, 0.25) is 10.0 Å². The molecule has 0 spiro atoms. The number of aryl methyl sites for hydroxylation is 1. The van der Waals surface area contributed by atoms with Crippen molar-refractivity contribution in [2.45, 2.75) is 19.8 Å². The number of piperidine rings is 1. The van der Waals surface area contributed by atoms with Crippen molar-refractivity contribution in [3.63, 3.8) is 0 Å². The molecule has 25 heavy (non-hydrogen) atoms. The SMILES string of the molecule is CNS(=O)(=O)CC1CCCN(C(=O)Nc2ccc3sc(C)nc3c2)C1. The van der Waals surface area contributed by atoms with Crippen molar-refractivity contribution in [2.75, 3.05) is 31.2 Å². The van der Waals surface area contributed by atoms with Crippen LogP contribution < -0.4 is 10.0 Å². The molecule has 0 aliphatic carbocycles. The number of thiazole rings is 1. The van der Waals surface area contributed by atoms with Crippen LogP contribution in [0.15, 0.2) is 18.2 Å². The lowest BCUT2D eigenvalue weighted by atomic mass is 10.0. The van der Waals surface area contributed by atoms with Crippen molar-refractivity contribution in [3.8, 4) is 0 Å². The van der Waals surface area contributed by atoms with Crippen LogP contribution in [-0.2, 0) is 10.0 Å². The third kappa shape index (κ3) is 4.47. The summed E-state index contributed by atoms with van der Waals surface area (Å²) in [6, 6.07) is 5.49. The highest BCUT2D eigenvalue weighted by atomic mass is 32.2. The number of nitrogens with one attached hydrogen (secondary N) is 2. The summed E-state index contributed by atoms with van der Waals surface area (Å²) in [7, 11) is -1.85. The third-order valence-corrected chi connectivity index (χ3v) is 6.80. The number of rotatable bonds is 4. The molecule has 1 saturated heterocycles. The topological polar surface area (TPSA) is 91.4 Å². The molecule has 1 aliphatic rings. The quantitative estimate of drug-likeness (QED) is 0.849. The average Bonchev–Trinajstić information content (AvgIpc) is 2.94. The number of carbonyl (C=O) groups excluding carboxylic acids is 1. The van der Waals surface area contributed by atoms with E-state index in [0.29, 0.717) is 18.8 Å². The fourth-order valence-corrected chi connectivity index (χ4v) is 4.97. The van der Waals surface area contributed by atoms with Crippen LogP contribution in [0.2, 0.25) is 0 Å². The zero-order valence-corrected chi connectivity index (χ0v) is 15.9. The van der Waals surface area contributed by atoms with E-state index in [9.17, 15) is 13.2 Å². The van der Waals surface area contributed by atoms with Crippen LogP contribution in [0, 0.1) is 12.8 Å². The minimum atomic E-state index is -3.26. The van der Waals surface area contributed by atoms with Crippen molar-refractivity contribution >= 4 is 43.3 Å². The Balaban J connectivity index is 1.65. The molecule has 2 heterocycles. The lowest BCUT2D eigenvalue weighted by molar-refractivity contribution is 0.182. The van der Waals surface area contributed by atoms with E-state index in [0.717, 1.165) is 28.1 Å². The number of nitrogens with zero attached hydrogens (tertiary/aromatic N) is 2. The van der Waals surface area contributed by atoms with E-state index in [2.05, 4.69) is 15.0 Å². The molecule has 0 bridgehead atoms. The molecule has 0 radical (unpaired) electrons. The number of hydrogen-bond donors (Lipinski definition) is 2. The number of sulfonamides is 1. The number of hydrogen-bond acceptors (Lipinski definition) is 5. The van der Waals surface area contributed by atoms with Gasteiger partial charge in [-0.2, -0.15) is 0 Å². The van der Waals surface area contributed by atoms with Crippen LogP contribution >= 0.6 is 11.3 Å². The molecule has 0 saturated carbocycles. The number of benzene rings is 1. The first-order valence-corrected chi connectivity index (χ1v) is 10.7. The van der Waals surface area contributed by atoms with Gasteiger partial charge in [0.05, 0.1) is 21.0 Å². The first-order chi connectivity index (χ1) is 11.9. The highest BCUT2D eigenvalue weighted by Crippen LogP contribution is 2.25. The molecular formula is C16H22N4O3S2. The number of aromatic nitrogens is 1. The van der Waals surface area contributed by atoms with E-state index in [1.54, 1.807) is 16.2 Å². The Morgan fingerprint density at radius 2 is 2.24 bits per heavy atom. The molecule has 1 atom stereocenters. The lowest BCUT2D eigenvalue weighted by Gasteiger charge is -2.32. The molecular weight excluding hydrogens is 360 g/mol. The predicted octanol–water partition coefficient (Wildman–Crippen LogP) is 2.40. The summed E-state index contributed by atoms with van der Waals surface area (Å²) in [5.74, 6) is 0.0118. The third-order valence-electron chi connectivity index (χ3n) is 4.32. The van der Waals surface area contributed by atoms with Crippen molar-refractivity contribution in [1.82, 2.24) is 14.6 Å². The van der Waals surface area contributed by atoms with Gasteiger partial charge in [-0.25, -0.2) is 22.9 Å². The summed E-state index contributed by atoms with van der Waals surface area (Å²) in [5, 5.41) is 3.89. The summed E-state index contributed by atoms with van der Waals surface area (Å²) < 4.78 is 26.9. The summed E-state index contributed by atoms with van der Waals surface area (Å²) in [6.45, 7) is 3.04. The maximum Gasteiger partial charge on any atom is 0.321 e. The fourth-order valence-electron chi connectivity index (χ4n) is 3.10. The fraction of sp³-hybridized carbons (Fsp3) is 0.500. The molecule has 7 nitrogen and oxygen atoms in total. The summed E-state index contributed by atoms with van der Waals surface area (Å²) in [4.78, 5) is 18.6. The van der Waals surface area contributed by atoms with E-state index in [1.165, 1.54) is 7.05 Å². The highest BCUT2D eigenvalue weighted by molar-refractivity contribution is 7.89. The van der Waals surface area contributed by atoms with E-state index < -0.39 is 10.0 Å². The second-order valence-corrected chi connectivity index (χ2v) is 9.49. The van der Waals surface area contributed by atoms with Gasteiger partial charge in [0.1, 0.15) is 0 Å². The minimum absolute atomic E-state index is 0.0411. The molecule has 2 amide bonds. The lowest BCUT2D eigenvalue weighted by Crippen LogP contribution is -2.44. The maximum atomic E-state index is 12.5.